The van der Waals surface area contributed by atoms with Crippen molar-refractivity contribution in [1.82, 2.24) is 0 Å². The third kappa shape index (κ3) is 3.25. The lowest BCUT2D eigenvalue weighted by atomic mass is 10.2. The van der Waals surface area contributed by atoms with Crippen LogP contribution in [0.15, 0.2) is 48.5 Å². The highest BCUT2D eigenvalue weighted by Gasteiger charge is 1.98. The molecule has 0 saturated carbocycles. The molecule has 18 heavy (non-hydrogen) atoms. The fourth-order valence-electron chi connectivity index (χ4n) is 1.60. The maximum atomic E-state index is 5.71. The van der Waals surface area contributed by atoms with Crippen molar-refractivity contribution in [3.63, 3.8) is 0 Å². The fraction of sp³-hybridized carbons (Fsp3) is 0.200. The van der Waals surface area contributed by atoms with Crippen molar-refractivity contribution in [3.05, 3.63) is 54.1 Å². The van der Waals surface area contributed by atoms with Gasteiger partial charge in [0.15, 0.2) is 0 Å². The van der Waals surface area contributed by atoms with E-state index in [2.05, 4.69) is 0 Å². The van der Waals surface area contributed by atoms with Crippen LogP contribution in [0, 0.1) is 0 Å². The summed E-state index contributed by atoms with van der Waals surface area (Å²) in [4.78, 5) is 0. The molecule has 2 N–H and O–H groups in total. The third-order valence-electron chi connectivity index (χ3n) is 2.53. The van der Waals surface area contributed by atoms with Crippen LogP contribution in [0.25, 0.3) is 0 Å². The van der Waals surface area contributed by atoms with Crippen molar-refractivity contribution in [3.8, 4) is 17.2 Å². The van der Waals surface area contributed by atoms with Crippen LogP contribution in [0.1, 0.15) is 12.5 Å². The van der Waals surface area contributed by atoms with E-state index < -0.39 is 0 Å². The molecule has 0 aliphatic rings. The normalized spacial score (nSPS) is 10.1. The van der Waals surface area contributed by atoms with Crippen LogP contribution in [-0.4, -0.2) is 6.61 Å². The number of benzene rings is 2. The molecule has 0 spiro atoms. The van der Waals surface area contributed by atoms with Gasteiger partial charge in [0.05, 0.1) is 6.61 Å². The summed E-state index contributed by atoms with van der Waals surface area (Å²) < 4.78 is 11.1. The molecule has 3 nitrogen and oxygen atoms in total. The molecule has 0 saturated heterocycles. The highest BCUT2D eigenvalue weighted by atomic mass is 16.5. The Labute approximate surface area is 107 Å². The van der Waals surface area contributed by atoms with Gasteiger partial charge < -0.3 is 15.2 Å². The molecule has 0 radical (unpaired) electrons. The topological polar surface area (TPSA) is 44.5 Å². The highest BCUT2D eigenvalue weighted by Crippen LogP contribution is 2.24. The summed E-state index contributed by atoms with van der Waals surface area (Å²) in [6.45, 7) is 3.17. The van der Waals surface area contributed by atoms with Crippen molar-refractivity contribution in [1.29, 1.82) is 0 Å². The SMILES string of the molecule is CCOc1ccc(Oc2ccc(CN)cc2)cc1. The Morgan fingerprint density at radius 2 is 1.33 bits per heavy atom. The van der Waals surface area contributed by atoms with E-state index in [-0.39, 0.29) is 0 Å². The fourth-order valence-corrected chi connectivity index (χ4v) is 1.60. The van der Waals surface area contributed by atoms with Gasteiger partial charge in [0, 0.05) is 6.54 Å². The molecule has 2 aromatic carbocycles. The highest BCUT2D eigenvalue weighted by molar-refractivity contribution is 5.36. The lowest BCUT2D eigenvalue weighted by Gasteiger charge is -2.07. The van der Waals surface area contributed by atoms with Crippen molar-refractivity contribution in [2.75, 3.05) is 6.61 Å². The molecule has 0 bridgehead atoms. The summed E-state index contributed by atoms with van der Waals surface area (Å²) in [6.07, 6.45) is 0. The summed E-state index contributed by atoms with van der Waals surface area (Å²) in [5, 5.41) is 0. The van der Waals surface area contributed by atoms with Gasteiger partial charge in [0.2, 0.25) is 0 Å². The molecule has 0 amide bonds. The van der Waals surface area contributed by atoms with Gasteiger partial charge in [-0.2, -0.15) is 0 Å². The first kappa shape index (κ1) is 12.5. The Hall–Kier alpha value is -2.00. The number of rotatable bonds is 5. The van der Waals surface area contributed by atoms with Crippen LogP contribution in [0.4, 0.5) is 0 Å². The summed E-state index contributed by atoms with van der Waals surface area (Å²) >= 11 is 0. The van der Waals surface area contributed by atoms with E-state index in [4.69, 9.17) is 15.2 Å². The molecular weight excluding hydrogens is 226 g/mol. The molecule has 0 unspecified atom stereocenters. The van der Waals surface area contributed by atoms with Gasteiger partial charge in [0.1, 0.15) is 17.2 Å². The summed E-state index contributed by atoms with van der Waals surface area (Å²) in [5.41, 5.74) is 6.63. The Morgan fingerprint density at radius 1 is 0.833 bits per heavy atom. The van der Waals surface area contributed by atoms with Crippen LogP contribution >= 0.6 is 0 Å². The van der Waals surface area contributed by atoms with Gasteiger partial charge in [-0.25, -0.2) is 0 Å². The Morgan fingerprint density at radius 3 is 1.83 bits per heavy atom. The molecule has 0 atom stereocenters. The largest absolute Gasteiger partial charge is 0.494 e. The van der Waals surface area contributed by atoms with Gasteiger partial charge >= 0.3 is 0 Å². The standard InChI is InChI=1S/C15H17NO2/c1-2-17-13-7-9-15(10-8-13)18-14-5-3-12(11-16)4-6-14/h3-10H,2,11,16H2,1H3. The van der Waals surface area contributed by atoms with Gasteiger partial charge in [0.25, 0.3) is 0 Å². The number of nitrogens with two attached hydrogens (primary N) is 1. The second kappa shape index (κ2) is 6.07. The predicted molar refractivity (Wildman–Crippen MR) is 72.0 cm³/mol. The first-order chi connectivity index (χ1) is 8.81. The molecule has 0 aliphatic carbocycles. The lowest BCUT2D eigenvalue weighted by molar-refractivity contribution is 0.339. The zero-order valence-electron chi connectivity index (χ0n) is 10.4. The van der Waals surface area contributed by atoms with E-state index in [0.29, 0.717) is 13.2 Å². The Kier molecular flexibility index (Phi) is 4.20. The van der Waals surface area contributed by atoms with Crippen molar-refractivity contribution in [2.45, 2.75) is 13.5 Å². The predicted octanol–water partition coefficient (Wildman–Crippen LogP) is 3.34. The number of hydrogen-bond acceptors (Lipinski definition) is 3. The minimum absolute atomic E-state index is 0.545. The minimum atomic E-state index is 0.545. The Balaban J connectivity index is 2.03. The van der Waals surface area contributed by atoms with Crippen LogP contribution in [0.2, 0.25) is 0 Å². The average Bonchev–Trinajstić information content (AvgIpc) is 2.42. The van der Waals surface area contributed by atoms with Crippen LogP contribution in [0.5, 0.6) is 17.2 Å². The summed E-state index contributed by atoms with van der Waals surface area (Å²) in [6, 6.07) is 15.3. The molecule has 2 rings (SSSR count). The van der Waals surface area contributed by atoms with Gasteiger partial charge in [-0.05, 0) is 48.9 Å². The third-order valence-corrected chi connectivity index (χ3v) is 2.53. The molecule has 2 aromatic rings. The van der Waals surface area contributed by atoms with Crippen LogP contribution < -0.4 is 15.2 Å². The van der Waals surface area contributed by atoms with E-state index in [1.54, 1.807) is 0 Å². The molecule has 0 fully saturated rings. The molecule has 0 heterocycles. The quantitative estimate of drug-likeness (QED) is 0.876. The molecule has 0 aliphatic heterocycles. The number of ether oxygens (including phenoxy) is 2. The van der Waals surface area contributed by atoms with E-state index in [0.717, 1.165) is 22.8 Å². The van der Waals surface area contributed by atoms with Crippen molar-refractivity contribution in [2.24, 2.45) is 5.73 Å². The summed E-state index contributed by atoms with van der Waals surface area (Å²) in [5.74, 6) is 2.44. The zero-order valence-corrected chi connectivity index (χ0v) is 10.4. The minimum Gasteiger partial charge on any atom is -0.494 e. The molecular formula is C15H17NO2. The zero-order chi connectivity index (χ0) is 12.8. The van der Waals surface area contributed by atoms with Crippen molar-refractivity contribution >= 4 is 0 Å². The second-order valence-electron chi connectivity index (χ2n) is 3.85. The number of hydrogen-bond donors (Lipinski definition) is 1. The van der Waals surface area contributed by atoms with Gasteiger partial charge in [-0.15, -0.1) is 0 Å². The molecule has 3 heteroatoms. The first-order valence-electron chi connectivity index (χ1n) is 6.01. The van der Waals surface area contributed by atoms with E-state index in [9.17, 15) is 0 Å². The smallest absolute Gasteiger partial charge is 0.127 e. The maximum Gasteiger partial charge on any atom is 0.127 e. The van der Waals surface area contributed by atoms with E-state index in [1.165, 1.54) is 0 Å². The molecule has 94 valence electrons. The van der Waals surface area contributed by atoms with Crippen LogP contribution in [0.3, 0.4) is 0 Å². The lowest BCUT2D eigenvalue weighted by Crippen LogP contribution is -1.95. The van der Waals surface area contributed by atoms with E-state index >= 15 is 0 Å². The monoisotopic (exact) mass is 243 g/mol. The first-order valence-corrected chi connectivity index (χ1v) is 6.01. The van der Waals surface area contributed by atoms with E-state index in [1.807, 2.05) is 55.5 Å². The van der Waals surface area contributed by atoms with Crippen molar-refractivity contribution < 1.29 is 9.47 Å². The van der Waals surface area contributed by atoms with Gasteiger partial charge in [-0.1, -0.05) is 12.1 Å². The van der Waals surface area contributed by atoms with Gasteiger partial charge in [-0.3, -0.25) is 0 Å². The van der Waals surface area contributed by atoms with Crippen LogP contribution in [-0.2, 0) is 6.54 Å². The summed E-state index contributed by atoms with van der Waals surface area (Å²) in [7, 11) is 0. The second-order valence-corrected chi connectivity index (χ2v) is 3.85. The maximum absolute atomic E-state index is 5.71. The Bertz CT molecular complexity index is 477. The molecule has 0 aromatic heterocycles. The average molecular weight is 243 g/mol.